The topological polar surface area (TPSA) is 54.2 Å². The Balaban J connectivity index is 0.00000300. The van der Waals surface area contributed by atoms with E-state index in [1.54, 1.807) is 12.3 Å². The highest BCUT2D eigenvalue weighted by Crippen LogP contribution is 2.09. The molecule has 5 nitrogen and oxygen atoms in total. The largest absolute Gasteiger partial charge is 0.357 e. The van der Waals surface area contributed by atoms with Gasteiger partial charge in [-0.05, 0) is 42.2 Å². The second-order valence-electron chi connectivity index (χ2n) is 6.49. The van der Waals surface area contributed by atoms with E-state index in [0.717, 1.165) is 24.6 Å². The molecule has 0 aliphatic rings. The van der Waals surface area contributed by atoms with E-state index in [-0.39, 0.29) is 29.8 Å². The van der Waals surface area contributed by atoms with Crippen LogP contribution in [0.15, 0.2) is 72.0 Å². The molecule has 0 bridgehead atoms. The minimum atomic E-state index is -0.166. The molecule has 29 heavy (non-hydrogen) atoms. The van der Waals surface area contributed by atoms with Crippen molar-refractivity contribution in [1.29, 1.82) is 0 Å². The highest BCUT2D eigenvalue weighted by molar-refractivity contribution is 14.0. The SMILES string of the molecule is CCNC(=NCc1cccc(Cn2cccn2)c1)NCCc1ccccc1F.I. The normalized spacial score (nSPS) is 11.0. The van der Waals surface area contributed by atoms with Crippen LogP contribution >= 0.6 is 24.0 Å². The highest BCUT2D eigenvalue weighted by atomic mass is 127. The molecule has 3 rings (SSSR count). The van der Waals surface area contributed by atoms with Gasteiger partial charge in [-0.25, -0.2) is 9.38 Å². The van der Waals surface area contributed by atoms with E-state index < -0.39 is 0 Å². The number of hydrogen-bond acceptors (Lipinski definition) is 2. The van der Waals surface area contributed by atoms with E-state index in [2.05, 4.69) is 38.9 Å². The highest BCUT2D eigenvalue weighted by Gasteiger charge is 2.03. The predicted molar refractivity (Wildman–Crippen MR) is 126 cm³/mol. The number of rotatable bonds is 8. The van der Waals surface area contributed by atoms with Crippen molar-refractivity contribution in [3.05, 3.63) is 89.5 Å². The molecule has 1 heterocycles. The molecule has 0 unspecified atom stereocenters. The summed E-state index contributed by atoms with van der Waals surface area (Å²) in [5.41, 5.74) is 3.03. The Bertz CT molecular complexity index is 896. The second kappa shape index (κ2) is 12.2. The molecule has 0 saturated carbocycles. The van der Waals surface area contributed by atoms with Crippen LogP contribution in [-0.4, -0.2) is 28.8 Å². The van der Waals surface area contributed by atoms with E-state index in [4.69, 9.17) is 0 Å². The van der Waals surface area contributed by atoms with E-state index in [9.17, 15) is 4.39 Å². The first-order valence-electron chi connectivity index (χ1n) is 9.55. The number of nitrogens with one attached hydrogen (secondary N) is 2. The Hall–Kier alpha value is -2.42. The molecule has 0 atom stereocenters. The molecule has 0 saturated heterocycles. The minimum absolute atomic E-state index is 0. The van der Waals surface area contributed by atoms with E-state index in [1.807, 2.05) is 42.1 Å². The summed E-state index contributed by atoms with van der Waals surface area (Å²) >= 11 is 0. The fraction of sp³-hybridized carbons (Fsp3) is 0.273. The van der Waals surface area contributed by atoms with Crippen LogP contribution in [0.4, 0.5) is 4.39 Å². The molecular formula is C22H27FIN5. The van der Waals surface area contributed by atoms with Crippen molar-refractivity contribution in [3.8, 4) is 0 Å². The molecule has 1 aromatic heterocycles. The number of halogens is 2. The summed E-state index contributed by atoms with van der Waals surface area (Å²) in [4.78, 5) is 4.65. The van der Waals surface area contributed by atoms with Crippen molar-refractivity contribution in [2.45, 2.75) is 26.4 Å². The predicted octanol–water partition coefficient (Wildman–Crippen LogP) is 3.99. The van der Waals surface area contributed by atoms with Crippen molar-refractivity contribution in [3.63, 3.8) is 0 Å². The summed E-state index contributed by atoms with van der Waals surface area (Å²) in [5, 5.41) is 10.8. The van der Waals surface area contributed by atoms with Crippen LogP contribution in [0.5, 0.6) is 0 Å². The molecule has 0 radical (unpaired) electrons. The summed E-state index contributed by atoms with van der Waals surface area (Å²) in [6, 6.07) is 17.1. The number of aromatic nitrogens is 2. The monoisotopic (exact) mass is 507 g/mol. The van der Waals surface area contributed by atoms with E-state index in [0.29, 0.717) is 25.1 Å². The van der Waals surface area contributed by atoms with Crippen molar-refractivity contribution in [2.75, 3.05) is 13.1 Å². The zero-order valence-corrected chi connectivity index (χ0v) is 18.8. The second-order valence-corrected chi connectivity index (χ2v) is 6.49. The zero-order chi connectivity index (χ0) is 19.6. The quantitative estimate of drug-likeness (QED) is 0.276. The lowest BCUT2D eigenvalue weighted by atomic mass is 10.1. The molecule has 154 valence electrons. The summed E-state index contributed by atoms with van der Waals surface area (Å²) in [5.74, 6) is 0.566. The molecule has 0 amide bonds. The molecule has 0 aliphatic carbocycles. The average Bonchev–Trinajstić information content (AvgIpc) is 3.21. The third kappa shape index (κ3) is 7.49. The lowest BCUT2D eigenvalue weighted by Crippen LogP contribution is -2.38. The first-order chi connectivity index (χ1) is 13.7. The fourth-order valence-electron chi connectivity index (χ4n) is 2.94. The summed E-state index contributed by atoms with van der Waals surface area (Å²) in [6.07, 6.45) is 4.34. The van der Waals surface area contributed by atoms with Crippen LogP contribution in [0, 0.1) is 5.82 Å². The number of nitrogens with zero attached hydrogens (tertiary/aromatic N) is 3. The van der Waals surface area contributed by atoms with Gasteiger partial charge in [0.2, 0.25) is 0 Å². The summed E-state index contributed by atoms with van der Waals surface area (Å²) < 4.78 is 15.6. The van der Waals surface area contributed by atoms with Gasteiger partial charge in [-0.2, -0.15) is 5.10 Å². The Morgan fingerprint density at radius 1 is 1.07 bits per heavy atom. The number of aliphatic imine (C=N–C) groups is 1. The Morgan fingerprint density at radius 2 is 1.90 bits per heavy atom. The zero-order valence-electron chi connectivity index (χ0n) is 16.5. The first kappa shape index (κ1) is 22.9. The molecule has 2 N–H and O–H groups in total. The van der Waals surface area contributed by atoms with Crippen LogP contribution in [0.25, 0.3) is 0 Å². The molecule has 2 aromatic carbocycles. The van der Waals surface area contributed by atoms with Crippen molar-refractivity contribution in [1.82, 2.24) is 20.4 Å². The lowest BCUT2D eigenvalue weighted by Gasteiger charge is -2.12. The van der Waals surface area contributed by atoms with Crippen molar-refractivity contribution >= 4 is 29.9 Å². The molecular weight excluding hydrogens is 480 g/mol. The fourth-order valence-corrected chi connectivity index (χ4v) is 2.94. The molecule has 3 aromatic rings. The van der Waals surface area contributed by atoms with Crippen molar-refractivity contribution < 1.29 is 4.39 Å². The average molecular weight is 507 g/mol. The van der Waals surface area contributed by atoms with Crippen LogP contribution in [0.2, 0.25) is 0 Å². The summed E-state index contributed by atoms with van der Waals surface area (Å²) in [7, 11) is 0. The maximum atomic E-state index is 13.7. The van der Waals surface area contributed by atoms with Crippen LogP contribution in [0.1, 0.15) is 23.6 Å². The Labute approximate surface area is 188 Å². The molecule has 0 aliphatic heterocycles. The van der Waals surface area contributed by atoms with Crippen LogP contribution in [0.3, 0.4) is 0 Å². The third-order valence-corrected chi connectivity index (χ3v) is 4.30. The Kier molecular flexibility index (Phi) is 9.63. The maximum Gasteiger partial charge on any atom is 0.191 e. The van der Waals surface area contributed by atoms with Gasteiger partial charge in [0.05, 0.1) is 13.1 Å². The summed E-state index contributed by atoms with van der Waals surface area (Å²) in [6.45, 7) is 4.73. The number of guanidine groups is 1. The van der Waals surface area contributed by atoms with Gasteiger partial charge in [0.1, 0.15) is 5.82 Å². The van der Waals surface area contributed by atoms with Crippen molar-refractivity contribution in [2.24, 2.45) is 4.99 Å². The Morgan fingerprint density at radius 3 is 2.66 bits per heavy atom. The number of benzene rings is 2. The minimum Gasteiger partial charge on any atom is -0.357 e. The molecule has 0 fully saturated rings. The van der Waals surface area contributed by atoms with Gasteiger partial charge in [0, 0.05) is 25.5 Å². The van der Waals surface area contributed by atoms with Gasteiger partial charge in [-0.15, -0.1) is 24.0 Å². The first-order valence-corrected chi connectivity index (χ1v) is 9.55. The lowest BCUT2D eigenvalue weighted by molar-refractivity contribution is 0.606. The third-order valence-electron chi connectivity index (χ3n) is 4.30. The van der Waals surface area contributed by atoms with Crippen LogP contribution < -0.4 is 10.6 Å². The van der Waals surface area contributed by atoms with Gasteiger partial charge in [-0.3, -0.25) is 4.68 Å². The number of hydrogen-bond donors (Lipinski definition) is 2. The smallest absolute Gasteiger partial charge is 0.191 e. The molecule has 0 spiro atoms. The van der Waals surface area contributed by atoms with Crippen LogP contribution in [-0.2, 0) is 19.5 Å². The maximum absolute atomic E-state index is 13.7. The molecule has 7 heteroatoms. The standard InChI is InChI=1S/C22H26FN5.HI/c1-2-24-22(25-13-11-20-9-3-4-10-21(20)23)26-16-18-7-5-8-19(15-18)17-28-14-6-12-27-28;/h3-10,12,14-15H,2,11,13,16-17H2,1H3,(H2,24,25,26);1H. The van der Waals surface area contributed by atoms with E-state index in [1.165, 1.54) is 11.6 Å². The van der Waals surface area contributed by atoms with Gasteiger partial charge >= 0.3 is 0 Å². The van der Waals surface area contributed by atoms with Gasteiger partial charge in [0.15, 0.2) is 5.96 Å². The van der Waals surface area contributed by atoms with Gasteiger partial charge in [-0.1, -0.05) is 42.5 Å². The van der Waals surface area contributed by atoms with Gasteiger partial charge in [0.25, 0.3) is 0 Å². The van der Waals surface area contributed by atoms with E-state index >= 15 is 0 Å². The van der Waals surface area contributed by atoms with Gasteiger partial charge < -0.3 is 10.6 Å².